The predicted octanol–water partition coefficient (Wildman–Crippen LogP) is 1.73. The highest BCUT2D eigenvalue weighted by Gasteiger charge is 2.39. The second-order valence-corrected chi connectivity index (χ2v) is 6.45. The molecule has 1 atom stereocenters. The van der Waals surface area contributed by atoms with Crippen LogP contribution in [0.25, 0.3) is 0 Å². The van der Waals surface area contributed by atoms with Crippen molar-refractivity contribution in [3.05, 3.63) is 24.3 Å². The van der Waals surface area contributed by atoms with Gasteiger partial charge >= 0.3 is 6.36 Å². The predicted molar refractivity (Wildman–Crippen MR) is 67.1 cm³/mol. The van der Waals surface area contributed by atoms with E-state index in [0.717, 1.165) is 16.4 Å². The van der Waals surface area contributed by atoms with Crippen molar-refractivity contribution in [1.82, 2.24) is 4.31 Å². The first-order chi connectivity index (χ1) is 9.75. The number of hydrogen-bond acceptors (Lipinski definition) is 4. The number of hydrogen-bond donors (Lipinski definition) is 1. The van der Waals surface area contributed by atoms with Gasteiger partial charge in [0.25, 0.3) is 0 Å². The molecule has 0 aromatic heterocycles. The van der Waals surface area contributed by atoms with Crippen LogP contribution in [0.3, 0.4) is 0 Å². The molecule has 9 heteroatoms. The Morgan fingerprint density at radius 3 is 2.62 bits per heavy atom. The van der Waals surface area contributed by atoms with Crippen LogP contribution in [0.15, 0.2) is 29.2 Å². The molecule has 1 aromatic rings. The molecule has 5 nitrogen and oxygen atoms in total. The van der Waals surface area contributed by atoms with Crippen molar-refractivity contribution in [2.75, 3.05) is 13.2 Å². The third kappa shape index (κ3) is 3.47. The van der Waals surface area contributed by atoms with Crippen LogP contribution in [0.1, 0.15) is 12.8 Å². The molecule has 0 saturated carbocycles. The first-order valence-electron chi connectivity index (χ1n) is 6.23. The second kappa shape index (κ2) is 5.82. The molecule has 1 saturated heterocycles. The van der Waals surface area contributed by atoms with Gasteiger partial charge in [-0.3, -0.25) is 0 Å². The van der Waals surface area contributed by atoms with Crippen LogP contribution in [-0.2, 0) is 10.0 Å². The molecule has 0 spiro atoms. The molecule has 1 fully saturated rings. The van der Waals surface area contributed by atoms with Gasteiger partial charge in [-0.25, -0.2) is 8.42 Å². The quantitative estimate of drug-likeness (QED) is 0.915. The molecule has 1 N–H and O–H groups in total. The first kappa shape index (κ1) is 16.1. The molecule has 21 heavy (non-hydrogen) atoms. The molecule has 118 valence electrons. The maximum atomic E-state index is 12.5. The lowest BCUT2D eigenvalue weighted by atomic mass is 10.2. The zero-order chi connectivity index (χ0) is 15.7. The molecule has 1 aliphatic rings. The van der Waals surface area contributed by atoms with E-state index in [0.29, 0.717) is 12.8 Å². The zero-order valence-corrected chi connectivity index (χ0v) is 11.7. The van der Waals surface area contributed by atoms with Crippen LogP contribution in [0.5, 0.6) is 5.75 Å². The Morgan fingerprint density at radius 1 is 1.33 bits per heavy atom. The fraction of sp³-hybridized carbons (Fsp3) is 0.500. The Hall–Kier alpha value is -1.32. The van der Waals surface area contributed by atoms with E-state index in [2.05, 4.69) is 4.74 Å². The zero-order valence-electron chi connectivity index (χ0n) is 10.9. The van der Waals surface area contributed by atoms with Crippen LogP contribution >= 0.6 is 0 Å². The SMILES string of the molecule is O=S(=O)(c1ccccc1OC(F)(F)F)N1CCCC1CO. The molecule has 0 bridgehead atoms. The van der Waals surface area contributed by atoms with E-state index >= 15 is 0 Å². The van der Waals surface area contributed by atoms with E-state index in [1.54, 1.807) is 0 Å². The lowest BCUT2D eigenvalue weighted by Crippen LogP contribution is -2.38. The summed E-state index contributed by atoms with van der Waals surface area (Å²) in [5, 5.41) is 9.19. The van der Waals surface area contributed by atoms with Crippen molar-refractivity contribution in [2.24, 2.45) is 0 Å². The van der Waals surface area contributed by atoms with Crippen molar-refractivity contribution in [1.29, 1.82) is 0 Å². The van der Waals surface area contributed by atoms with Crippen molar-refractivity contribution >= 4 is 10.0 Å². The summed E-state index contributed by atoms with van der Waals surface area (Å²) in [7, 11) is -4.15. The number of halogens is 3. The summed E-state index contributed by atoms with van der Waals surface area (Å²) in [4.78, 5) is -0.553. The Bertz CT molecular complexity index is 603. The number of nitrogens with zero attached hydrogens (tertiary/aromatic N) is 1. The van der Waals surface area contributed by atoms with Crippen LogP contribution in [0.2, 0.25) is 0 Å². The molecule has 1 aromatic carbocycles. The van der Waals surface area contributed by atoms with Gasteiger partial charge < -0.3 is 9.84 Å². The fourth-order valence-electron chi connectivity index (χ4n) is 2.31. The smallest absolute Gasteiger partial charge is 0.404 e. The van der Waals surface area contributed by atoms with E-state index in [9.17, 15) is 26.7 Å². The number of para-hydroxylation sites is 1. The Morgan fingerprint density at radius 2 is 2.00 bits per heavy atom. The topological polar surface area (TPSA) is 66.8 Å². The third-order valence-electron chi connectivity index (χ3n) is 3.20. The van der Waals surface area contributed by atoms with Gasteiger partial charge in [0.05, 0.1) is 6.61 Å². The second-order valence-electron chi connectivity index (χ2n) is 4.59. The summed E-state index contributed by atoms with van der Waals surface area (Å²) in [5.74, 6) is -0.770. The molecule has 1 unspecified atom stereocenters. The standard InChI is InChI=1S/C12H14F3NO4S/c13-12(14,15)20-10-5-1-2-6-11(10)21(18,19)16-7-3-4-9(16)8-17/h1-2,5-6,9,17H,3-4,7-8H2. The summed E-state index contributed by atoms with van der Waals surface area (Å²) >= 11 is 0. The average Bonchev–Trinajstić information content (AvgIpc) is 2.86. The van der Waals surface area contributed by atoms with Crippen molar-refractivity contribution in [3.8, 4) is 5.75 Å². The van der Waals surface area contributed by atoms with Gasteiger partial charge in [-0.15, -0.1) is 13.2 Å². The normalized spacial score (nSPS) is 20.7. The van der Waals surface area contributed by atoms with E-state index in [-0.39, 0.29) is 13.2 Å². The number of sulfonamides is 1. The van der Waals surface area contributed by atoms with Gasteiger partial charge in [0, 0.05) is 12.6 Å². The molecule has 1 aliphatic heterocycles. The van der Waals surface area contributed by atoms with Gasteiger partial charge in [-0.2, -0.15) is 4.31 Å². The van der Waals surface area contributed by atoms with Gasteiger partial charge in [-0.05, 0) is 25.0 Å². The molecule has 2 rings (SSSR count). The highest BCUT2D eigenvalue weighted by molar-refractivity contribution is 7.89. The van der Waals surface area contributed by atoms with Crippen molar-refractivity contribution in [2.45, 2.75) is 30.1 Å². The average molecular weight is 325 g/mol. The maximum Gasteiger partial charge on any atom is 0.573 e. The molecule has 0 aliphatic carbocycles. The van der Waals surface area contributed by atoms with Gasteiger partial charge in [0.1, 0.15) is 10.6 Å². The van der Waals surface area contributed by atoms with E-state index in [1.807, 2.05) is 0 Å². The van der Waals surface area contributed by atoms with E-state index < -0.39 is 33.1 Å². The Kier molecular flexibility index (Phi) is 4.45. The minimum atomic E-state index is -4.98. The number of aliphatic hydroxyl groups excluding tert-OH is 1. The summed E-state index contributed by atoms with van der Waals surface area (Å²) in [5.41, 5.74) is 0. The lowest BCUT2D eigenvalue weighted by Gasteiger charge is -2.23. The van der Waals surface area contributed by atoms with Crippen molar-refractivity contribution in [3.63, 3.8) is 0 Å². The summed E-state index contributed by atoms with van der Waals surface area (Å²) in [6, 6.07) is 3.97. The number of ether oxygens (including phenoxy) is 1. The van der Waals surface area contributed by atoms with E-state index in [4.69, 9.17) is 0 Å². The monoisotopic (exact) mass is 325 g/mol. The minimum Gasteiger partial charge on any atom is -0.404 e. The molecular weight excluding hydrogens is 311 g/mol. The summed E-state index contributed by atoms with van der Waals surface area (Å²) in [6.07, 6.45) is -3.96. The maximum absolute atomic E-state index is 12.5. The fourth-order valence-corrected chi connectivity index (χ4v) is 4.11. The minimum absolute atomic E-state index is 0.161. The summed E-state index contributed by atoms with van der Waals surface area (Å²) < 4.78 is 66.8. The van der Waals surface area contributed by atoms with Gasteiger partial charge in [0.15, 0.2) is 0 Å². The molecule has 0 radical (unpaired) electrons. The van der Waals surface area contributed by atoms with Crippen LogP contribution in [0, 0.1) is 0 Å². The Labute approximate surface area is 120 Å². The number of alkyl halides is 3. The van der Waals surface area contributed by atoms with Crippen LogP contribution in [0.4, 0.5) is 13.2 Å². The lowest BCUT2D eigenvalue weighted by molar-refractivity contribution is -0.275. The Balaban J connectivity index is 2.41. The van der Waals surface area contributed by atoms with E-state index in [1.165, 1.54) is 12.1 Å². The molecular formula is C12H14F3NO4S. The highest BCUT2D eigenvalue weighted by atomic mass is 32.2. The van der Waals surface area contributed by atoms with Gasteiger partial charge in [-0.1, -0.05) is 12.1 Å². The molecule has 0 amide bonds. The highest BCUT2D eigenvalue weighted by Crippen LogP contribution is 2.33. The largest absolute Gasteiger partial charge is 0.573 e. The molecule has 1 heterocycles. The first-order valence-corrected chi connectivity index (χ1v) is 7.67. The van der Waals surface area contributed by atoms with Crippen molar-refractivity contribution < 1.29 is 31.4 Å². The van der Waals surface area contributed by atoms with Gasteiger partial charge in [0.2, 0.25) is 10.0 Å². The number of rotatable bonds is 4. The number of benzene rings is 1. The number of aliphatic hydroxyl groups is 1. The van der Waals surface area contributed by atoms with Crippen LogP contribution in [-0.4, -0.2) is 43.4 Å². The third-order valence-corrected chi connectivity index (χ3v) is 5.19. The van der Waals surface area contributed by atoms with Crippen LogP contribution < -0.4 is 4.74 Å². The summed E-state index contributed by atoms with van der Waals surface area (Å²) in [6.45, 7) is -0.213.